The molecule has 25 heavy (non-hydrogen) atoms. The van der Waals surface area contributed by atoms with Gasteiger partial charge in [0.05, 0.1) is 0 Å². The summed E-state index contributed by atoms with van der Waals surface area (Å²) in [6.07, 6.45) is 0. The van der Waals surface area contributed by atoms with E-state index in [1.54, 1.807) is 48.5 Å². The summed E-state index contributed by atoms with van der Waals surface area (Å²) in [5.41, 5.74) is 1.71. The standard InChI is InChI=1S/2C9H6NO2.Zn/c2*1-10-8(11)6-4-2-3-5-7(6)9(10)12;/h2*2-5H,1H2;. The Labute approximate surface area is 151 Å². The van der Waals surface area contributed by atoms with Crippen LogP contribution in [0, 0.1) is 0 Å². The van der Waals surface area contributed by atoms with Crippen molar-refractivity contribution in [2.75, 3.05) is 10.3 Å². The summed E-state index contributed by atoms with van der Waals surface area (Å²) in [6, 6.07) is 13.5. The van der Waals surface area contributed by atoms with Gasteiger partial charge in [-0.2, -0.15) is 0 Å². The molecule has 0 saturated carbocycles. The molecule has 6 nitrogen and oxygen atoms in total. The molecule has 120 valence electrons. The van der Waals surface area contributed by atoms with Crippen molar-refractivity contribution in [2.24, 2.45) is 0 Å². The normalized spacial score (nSPS) is 15.5. The molecule has 0 radical (unpaired) electrons. The number of nitrogens with zero attached hydrogens (tertiary/aromatic N) is 2. The van der Waals surface area contributed by atoms with Crippen molar-refractivity contribution in [3.8, 4) is 0 Å². The zero-order valence-electron chi connectivity index (χ0n) is 13.3. The van der Waals surface area contributed by atoms with Gasteiger partial charge in [0.15, 0.2) is 0 Å². The van der Waals surface area contributed by atoms with Crippen molar-refractivity contribution in [3.63, 3.8) is 0 Å². The van der Waals surface area contributed by atoms with Gasteiger partial charge in [-0.05, 0) is 0 Å². The van der Waals surface area contributed by atoms with E-state index in [-0.39, 0.29) is 23.6 Å². The van der Waals surface area contributed by atoms with Crippen LogP contribution in [-0.2, 0) is 17.1 Å². The fraction of sp³-hybridized carbons (Fsp3) is 0.111. The maximum atomic E-state index is 12.3. The van der Waals surface area contributed by atoms with Crippen molar-refractivity contribution in [1.29, 1.82) is 0 Å². The van der Waals surface area contributed by atoms with E-state index < -0.39 is 17.1 Å². The first-order valence-corrected chi connectivity index (χ1v) is 12.2. The second-order valence-corrected chi connectivity index (χ2v) is 9.33. The van der Waals surface area contributed by atoms with Gasteiger partial charge in [0.2, 0.25) is 0 Å². The Hall–Kier alpha value is -2.66. The maximum absolute atomic E-state index is 12.3. The third-order valence-electron chi connectivity index (χ3n) is 4.52. The van der Waals surface area contributed by atoms with Gasteiger partial charge in [-0.15, -0.1) is 0 Å². The van der Waals surface area contributed by atoms with E-state index in [2.05, 4.69) is 0 Å². The third kappa shape index (κ3) is 2.43. The number of imide groups is 2. The fourth-order valence-corrected chi connectivity index (χ4v) is 6.60. The first-order valence-electron chi connectivity index (χ1n) is 8.00. The third-order valence-corrected chi connectivity index (χ3v) is 7.72. The summed E-state index contributed by atoms with van der Waals surface area (Å²) < 4.78 is 0. The van der Waals surface area contributed by atoms with E-state index in [9.17, 15) is 19.2 Å². The predicted molar refractivity (Wildman–Crippen MR) is 83.6 cm³/mol. The summed E-state index contributed by atoms with van der Waals surface area (Å²) in [4.78, 5) is 51.8. The topological polar surface area (TPSA) is 74.8 Å². The monoisotopic (exact) mass is 384 g/mol. The van der Waals surface area contributed by atoms with Crippen LogP contribution in [0.15, 0.2) is 48.5 Å². The number of hydrogen-bond donors (Lipinski definition) is 0. The molecule has 0 saturated heterocycles. The zero-order valence-corrected chi connectivity index (χ0v) is 16.2. The summed E-state index contributed by atoms with van der Waals surface area (Å²) in [7, 11) is 0. The molecule has 0 fully saturated rings. The van der Waals surface area contributed by atoms with Crippen LogP contribution in [0.2, 0.25) is 0 Å². The minimum absolute atomic E-state index is 0.284. The molecule has 4 amide bonds. The Bertz CT molecular complexity index is 795. The molecule has 0 aromatic heterocycles. The van der Waals surface area contributed by atoms with E-state index in [0.717, 1.165) is 0 Å². The van der Waals surface area contributed by atoms with Crippen LogP contribution in [0.25, 0.3) is 0 Å². The molecule has 0 atom stereocenters. The van der Waals surface area contributed by atoms with Crippen LogP contribution in [-0.4, -0.2) is 43.7 Å². The van der Waals surface area contributed by atoms with Crippen molar-refractivity contribution < 1.29 is 36.3 Å². The SMILES string of the molecule is O=C1c2ccccc2C(=O)N1[CH2][Zn][CH2]N1C(=O)c2ccccc2C1=O. The first kappa shape index (κ1) is 15.8. The number of amides is 4. The zero-order chi connectivity index (χ0) is 17.6. The van der Waals surface area contributed by atoms with Crippen molar-refractivity contribution in [1.82, 2.24) is 9.80 Å². The molecular weight excluding hydrogens is 374 g/mol. The molecule has 0 unspecified atom stereocenters. The molecule has 7 heteroatoms. The second kappa shape index (κ2) is 6.01. The second-order valence-electron chi connectivity index (χ2n) is 5.97. The number of hydrogen-bond acceptors (Lipinski definition) is 4. The Morgan fingerprint density at radius 3 is 1.12 bits per heavy atom. The van der Waals surface area contributed by atoms with Gasteiger partial charge in [-0.25, -0.2) is 0 Å². The summed E-state index contributed by atoms with van der Waals surface area (Å²) in [5.74, 6) is -1.13. The summed E-state index contributed by atoms with van der Waals surface area (Å²) in [5, 5.41) is 0.708. The number of carbonyl (C=O) groups excluding carboxylic acids is 4. The molecule has 2 aromatic rings. The number of benzene rings is 2. The fourth-order valence-electron chi connectivity index (χ4n) is 3.27. The van der Waals surface area contributed by atoms with Gasteiger partial charge >= 0.3 is 151 Å². The van der Waals surface area contributed by atoms with E-state index in [1.807, 2.05) is 0 Å². The molecule has 0 N–H and O–H groups in total. The Balaban J connectivity index is 1.43. The van der Waals surface area contributed by atoms with Gasteiger partial charge in [0.25, 0.3) is 0 Å². The van der Waals surface area contributed by atoms with E-state index in [1.165, 1.54) is 9.80 Å². The molecular formula is C18H12N2O4Zn. The first-order chi connectivity index (χ1) is 12.1. The van der Waals surface area contributed by atoms with Gasteiger partial charge in [0.1, 0.15) is 0 Å². The predicted octanol–water partition coefficient (Wildman–Crippen LogP) is 1.58. The number of fused-ring (bicyclic) bond motifs is 2. The molecule has 2 heterocycles. The van der Waals surface area contributed by atoms with Crippen molar-refractivity contribution >= 4 is 23.6 Å². The summed E-state index contributed by atoms with van der Waals surface area (Å²) >= 11 is -1.52. The summed E-state index contributed by atoms with van der Waals surface area (Å²) in [6.45, 7) is 0. The van der Waals surface area contributed by atoms with E-state index in [4.69, 9.17) is 0 Å². The number of rotatable bonds is 4. The van der Waals surface area contributed by atoms with Crippen molar-refractivity contribution in [3.05, 3.63) is 70.8 Å². The van der Waals surface area contributed by atoms with E-state index in [0.29, 0.717) is 32.5 Å². The van der Waals surface area contributed by atoms with Gasteiger partial charge in [-0.3, -0.25) is 0 Å². The quantitative estimate of drug-likeness (QED) is 0.591. The Morgan fingerprint density at radius 1 is 0.560 bits per heavy atom. The number of carbonyl (C=O) groups is 4. The van der Waals surface area contributed by atoms with Crippen LogP contribution < -0.4 is 0 Å². The van der Waals surface area contributed by atoms with Gasteiger partial charge < -0.3 is 0 Å². The average Bonchev–Trinajstić information content (AvgIpc) is 3.03. The minimum atomic E-state index is -1.52. The van der Waals surface area contributed by atoms with Crippen LogP contribution in [0.5, 0.6) is 0 Å². The van der Waals surface area contributed by atoms with Crippen LogP contribution in [0.1, 0.15) is 41.4 Å². The van der Waals surface area contributed by atoms with Crippen LogP contribution in [0.4, 0.5) is 0 Å². The van der Waals surface area contributed by atoms with Crippen LogP contribution >= 0.6 is 0 Å². The Morgan fingerprint density at radius 2 is 0.840 bits per heavy atom. The molecule has 0 spiro atoms. The van der Waals surface area contributed by atoms with Gasteiger partial charge in [0, 0.05) is 0 Å². The van der Waals surface area contributed by atoms with Gasteiger partial charge in [-0.1, -0.05) is 0 Å². The van der Waals surface area contributed by atoms with Crippen LogP contribution in [0.3, 0.4) is 0 Å². The Kier molecular flexibility index (Phi) is 3.81. The van der Waals surface area contributed by atoms with Crippen molar-refractivity contribution in [2.45, 2.75) is 0 Å². The molecule has 2 aromatic carbocycles. The molecule has 4 rings (SSSR count). The molecule has 2 aliphatic rings. The molecule has 2 aliphatic heterocycles. The molecule has 0 aliphatic carbocycles. The molecule has 0 bridgehead atoms. The average molecular weight is 386 g/mol. The van der Waals surface area contributed by atoms with E-state index >= 15 is 0 Å².